The number of hydrogen-bond donors (Lipinski definition) is 0. The van der Waals surface area contributed by atoms with Crippen LogP contribution in [0.4, 0.5) is 4.79 Å². The van der Waals surface area contributed by atoms with Gasteiger partial charge in [0, 0.05) is 0 Å². The molecule has 0 saturated heterocycles. The van der Waals surface area contributed by atoms with E-state index in [1.807, 2.05) is 0 Å². The molecule has 0 aromatic heterocycles. The fourth-order valence-corrected chi connectivity index (χ4v) is 0.698. The summed E-state index contributed by atoms with van der Waals surface area (Å²) in [6.07, 6.45) is -2.39. The number of phosphoric acid groups is 2. The molecule has 0 amide bonds. The van der Waals surface area contributed by atoms with E-state index in [1.165, 1.54) is 0 Å². The van der Waals surface area contributed by atoms with Gasteiger partial charge in [0.2, 0.25) is 0 Å². The van der Waals surface area contributed by atoms with Gasteiger partial charge in [0.25, 0.3) is 0 Å². The van der Waals surface area contributed by atoms with E-state index < -0.39 is 21.8 Å². The van der Waals surface area contributed by atoms with Crippen molar-refractivity contribution in [2.24, 2.45) is 0 Å². The molecule has 0 aromatic rings. The van der Waals surface area contributed by atoms with Crippen molar-refractivity contribution < 1.29 is 161 Å². The normalized spacial score (nSPS) is 9.25. The quantitative estimate of drug-likeness (QED) is 0.356. The molecule has 0 aliphatic heterocycles. The average Bonchev–Trinajstić information content (AvgIpc) is 1.49. The van der Waals surface area contributed by atoms with E-state index in [0.29, 0.717) is 0 Å². The molecule has 0 unspecified atom stereocenters. The van der Waals surface area contributed by atoms with Crippen LogP contribution in [0.3, 0.4) is 0 Å². The van der Waals surface area contributed by atoms with Crippen LogP contribution < -0.4 is 138 Å². The fourth-order valence-electron chi connectivity index (χ4n) is 0.199. The maximum atomic E-state index is 9.89. The molecule has 0 fully saturated rings. The monoisotopic (exact) mass is 310 g/mol. The summed E-state index contributed by atoms with van der Waals surface area (Å²) in [7, 11) is -11.4. The Labute approximate surface area is 179 Å². The van der Waals surface area contributed by atoms with Gasteiger partial charge in [0.15, 0.2) is 0 Å². The maximum absolute atomic E-state index is 9.89. The van der Waals surface area contributed by atoms with Crippen LogP contribution >= 0.6 is 15.6 Å². The number of rotatable bonds is 2. The van der Waals surface area contributed by atoms with Crippen molar-refractivity contribution in [1.82, 2.24) is 0 Å². The van der Waals surface area contributed by atoms with Gasteiger partial charge in [0.1, 0.15) is 15.6 Å². The maximum Gasteiger partial charge on any atom is 1.00 e. The number of carbonyl (C=O) groups excluding carboxylic acids is 1. The second-order valence-corrected chi connectivity index (χ2v) is 3.48. The van der Waals surface area contributed by atoms with Crippen molar-refractivity contribution in [2.45, 2.75) is 0 Å². The Hall–Kier alpha value is 3.57. The molecule has 15 heteroatoms. The predicted octanol–water partition coefficient (Wildman–Crippen LogP) is -15.2. The van der Waals surface area contributed by atoms with Gasteiger partial charge in [-0.1, -0.05) is 0 Å². The van der Waals surface area contributed by atoms with Gasteiger partial charge in [0.05, 0.1) is 0 Å². The third kappa shape index (κ3) is 26.2. The zero-order valence-electron chi connectivity index (χ0n) is 9.07. The summed E-state index contributed by atoms with van der Waals surface area (Å²) in [5.74, 6) is 0. The second-order valence-electron chi connectivity index (χ2n) is 1.33. The van der Waals surface area contributed by atoms with Gasteiger partial charge in [-0.25, -0.2) is 4.79 Å². The van der Waals surface area contributed by atoms with Crippen LogP contribution in [0.1, 0.15) is 0 Å². The zero-order valence-corrected chi connectivity index (χ0v) is 18.9. The standard InChI is InChI=1S/CH4O9P2.4Na/c2-1(9-11(3,4)5)10-12(6,7)8;;;;/h(H2,3,4,5)(H2,6,7,8);;;;/q;4*+1/p-4. The van der Waals surface area contributed by atoms with Gasteiger partial charge in [-0.05, 0) is 0 Å². The molecule has 0 aromatic carbocycles. The van der Waals surface area contributed by atoms with Crippen LogP contribution in [0, 0.1) is 0 Å². The minimum Gasteiger partial charge on any atom is -0.780 e. The van der Waals surface area contributed by atoms with Crippen LogP contribution in [-0.4, -0.2) is 6.16 Å². The first-order valence-electron chi connectivity index (χ1n) is 2.07. The summed E-state index contributed by atoms with van der Waals surface area (Å²) in [5, 5.41) is 0. The van der Waals surface area contributed by atoms with E-state index in [1.54, 1.807) is 0 Å². The topological polar surface area (TPSA) is 162 Å². The third-order valence-electron chi connectivity index (χ3n) is 0.373. The molecule has 0 bridgehead atoms. The van der Waals surface area contributed by atoms with E-state index in [2.05, 4.69) is 9.05 Å². The zero-order chi connectivity index (χ0) is 9.99. The summed E-state index contributed by atoms with van der Waals surface area (Å²) < 4.78 is 24.8. The van der Waals surface area contributed by atoms with E-state index in [-0.39, 0.29) is 118 Å². The van der Waals surface area contributed by atoms with Crippen molar-refractivity contribution in [1.29, 1.82) is 0 Å². The van der Waals surface area contributed by atoms with Gasteiger partial charge in [-0.3, -0.25) is 0 Å². The van der Waals surface area contributed by atoms with Crippen molar-refractivity contribution in [3.05, 3.63) is 0 Å². The minimum atomic E-state index is -5.68. The van der Waals surface area contributed by atoms with Gasteiger partial charge in [-0.2, -0.15) is 0 Å². The van der Waals surface area contributed by atoms with Crippen LogP contribution in [0.2, 0.25) is 0 Å². The molecule has 0 aliphatic rings. The molecule has 0 rings (SSSR count). The van der Waals surface area contributed by atoms with Crippen molar-refractivity contribution >= 4 is 21.8 Å². The smallest absolute Gasteiger partial charge is 0.780 e. The summed E-state index contributed by atoms with van der Waals surface area (Å²) in [4.78, 5) is 48.2. The Bertz CT molecular complexity index is 241. The summed E-state index contributed by atoms with van der Waals surface area (Å²) >= 11 is 0. The Morgan fingerprint density at radius 3 is 1.06 bits per heavy atom. The average molecular weight is 310 g/mol. The molecule has 0 N–H and O–H groups in total. The molecule has 0 radical (unpaired) electrons. The van der Waals surface area contributed by atoms with Gasteiger partial charge in [-0.15, -0.1) is 0 Å². The second kappa shape index (κ2) is 13.5. The molecular formula is CNa4O9P2. The van der Waals surface area contributed by atoms with Gasteiger partial charge < -0.3 is 37.8 Å². The number of hydrogen-bond acceptors (Lipinski definition) is 9. The van der Waals surface area contributed by atoms with Crippen molar-refractivity contribution in [3.63, 3.8) is 0 Å². The summed E-state index contributed by atoms with van der Waals surface area (Å²) in [6, 6.07) is 0. The molecule has 72 valence electrons. The Balaban J connectivity index is -0.000000101. The number of phosphoric ester groups is 2. The molecule has 0 aliphatic carbocycles. The van der Waals surface area contributed by atoms with E-state index in [9.17, 15) is 33.5 Å². The fraction of sp³-hybridized carbons (Fsp3) is 0. The molecule has 0 atom stereocenters. The molecule has 0 heterocycles. The first-order chi connectivity index (χ1) is 5.10. The molecule has 16 heavy (non-hydrogen) atoms. The van der Waals surface area contributed by atoms with E-state index in [4.69, 9.17) is 0 Å². The molecular weight excluding hydrogens is 310 g/mol. The van der Waals surface area contributed by atoms with Crippen LogP contribution in [-0.2, 0) is 18.2 Å². The summed E-state index contributed by atoms with van der Waals surface area (Å²) in [6.45, 7) is 0. The molecule has 9 nitrogen and oxygen atoms in total. The van der Waals surface area contributed by atoms with E-state index >= 15 is 0 Å². The Morgan fingerprint density at radius 1 is 0.750 bits per heavy atom. The largest absolute Gasteiger partial charge is 1.00 e. The van der Waals surface area contributed by atoms with Crippen molar-refractivity contribution in [2.75, 3.05) is 0 Å². The van der Waals surface area contributed by atoms with Gasteiger partial charge >= 0.3 is 124 Å². The summed E-state index contributed by atoms with van der Waals surface area (Å²) in [5.41, 5.74) is 0. The third-order valence-corrected chi connectivity index (χ3v) is 1.12. The first kappa shape index (κ1) is 31.8. The minimum absolute atomic E-state index is 0. The SMILES string of the molecule is O=C(OP(=O)([O-])[O-])OP(=O)([O-])[O-].[Na+].[Na+].[Na+].[Na+]. The predicted molar refractivity (Wildman–Crippen MR) is 22.8 cm³/mol. The van der Waals surface area contributed by atoms with Crippen molar-refractivity contribution in [3.8, 4) is 0 Å². The molecule has 0 spiro atoms. The molecule has 0 saturated carbocycles. The van der Waals surface area contributed by atoms with Crippen LogP contribution in [0.15, 0.2) is 0 Å². The number of carbonyl (C=O) groups is 1. The Morgan fingerprint density at radius 2 is 0.938 bits per heavy atom. The van der Waals surface area contributed by atoms with Crippen LogP contribution in [0.25, 0.3) is 0 Å². The van der Waals surface area contributed by atoms with E-state index in [0.717, 1.165) is 0 Å². The Kier molecular flexibility index (Phi) is 26.9. The first-order valence-corrected chi connectivity index (χ1v) is 4.99. The van der Waals surface area contributed by atoms with Crippen LogP contribution in [0.5, 0.6) is 0 Å².